The lowest BCUT2D eigenvalue weighted by Crippen LogP contribution is -2.01. The van der Waals surface area contributed by atoms with Crippen molar-refractivity contribution < 1.29 is 4.42 Å². The van der Waals surface area contributed by atoms with Crippen LogP contribution in [0, 0.1) is 0 Å². The molecule has 0 bridgehead atoms. The molecule has 12 aromatic rings. The highest BCUT2D eigenvalue weighted by Gasteiger charge is 2.18. The van der Waals surface area contributed by atoms with E-state index in [0.717, 1.165) is 60.9 Å². The van der Waals surface area contributed by atoms with E-state index in [0.29, 0.717) is 17.5 Å². The molecule has 0 unspecified atom stereocenters. The Hall–Kier alpha value is -8.21. The van der Waals surface area contributed by atoms with Crippen molar-refractivity contribution in [2.24, 2.45) is 0 Å². The highest BCUT2D eigenvalue weighted by molar-refractivity contribution is 6.20. The predicted molar refractivity (Wildman–Crippen MR) is 252 cm³/mol. The fourth-order valence-corrected chi connectivity index (χ4v) is 8.94. The van der Waals surface area contributed by atoms with Crippen molar-refractivity contribution in [3.8, 4) is 67.5 Å². The van der Waals surface area contributed by atoms with E-state index in [2.05, 4.69) is 176 Å². The zero-order valence-corrected chi connectivity index (χ0v) is 33.0. The summed E-state index contributed by atoms with van der Waals surface area (Å²) in [6.07, 6.45) is 0. The van der Waals surface area contributed by atoms with Crippen molar-refractivity contribution in [2.75, 3.05) is 0 Å². The van der Waals surface area contributed by atoms with E-state index in [4.69, 9.17) is 19.4 Å². The molecule has 0 aliphatic carbocycles. The molecule has 0 amide bonds. The maximum atomic E-state index is 6.29. The first kappa shape index (κ1) is 34.8. The molecule has 0 aliphatic heterocycles. The zero-order valence-electron chi connectivity index (χ0n) is 33.0. The Bertz CT molecular complexity index is 3630. The second-order valence-electron chi connectivity index (χ2n) is 15.5. The number of fused-ring (bicyclic) bond motifs is 7. The Morgan fingerprint density at radius 2 is 0.803 bits per heavy atom. The molecule has 0 N–H and O–H groups in total. The molecule has 284 valence electrons. The Morgan fingerprint density at radius 3 is 1.59 bits per heavy atom. The summed E-state index contributed by atoms with van der Waals surface area (Å²) < 4.78 is 6.29. The van der Waals surface area contributed by atoms with Gasteiger partial charge in [-0.25, -0.2) is 15.0 Å². The van der Waals surface area contributed by atoms with Gasteiger partial charge in [-0.15, -0.1) is 0 Å². The van der Waals surface area contributed by atoms with E-state index in [1.165, 1.54) is 43.4 Å². The van der Waals surface area contributed by atoms with Crippen LogP contribution in [0.15, 0.2) is 217 Å². The Morgan fingerprint density at radius 1 is 0.262 bits per heavy atom. The van der Waals surface area contributed by atoms with Gasteiger partial charge in [-0.3, -0.25) is 0 Å². The lowest BCUT2D eigenvalue weighted by molar-refractivity contribution is 0.669. The number of hydrogen-bond acceptors (Lipinski definition) is 4. The van der Waals surface area contributed by atoms with Gasteiger partial charge in [0.25, 0.3) is 0 Å². The zero-order chi connectivity index (χ0) is 40.3. The molecule has 0 saturated heterocycles. The number of nitrogens with zero attached hydrogens (tertiary/aromatic N) is 3. The summed E-state index contributed by atoms with van der Waals surface area (Å²) in [5.74, 6) is 1.79. The van der Waals surface area contributed by atoms with Gasteiger partial charge in [0.15, 0.2) is 17.5 Å². The molecule has 0 atom stereocenters. The highest BCUT2D eigenvalue weighted by atomic mass is 16.3. The van der Waals surface area contributed by atoms with Crippen LogP contribution >= 0.6 is 0 Å². The van der Waals surface area contributed by atoms with Gasteiger partial charge in [-0.2, -0.15) is 0 Å². The molecule has 0 fully saturated rings. The summed E-state index contributed by atoms with van der Waals surface area (Å²) >= 11 is 0. The van der Waals surface area contributed by atoms with E-state index in [-0.39, 0.29) is 0 Å². The molecule has 12 rings (SSSR count). The summed E-state index contributed by atoms with van der Waals surface area (Å²) in [7, 11) is 0. The summed E-state index contributed by atoms with van der Waals surface area (Å²) in [4.78, 5) is 15.4. The van der Waals surface area contributed by atoms with Crippen LogP contribution in [0.2, 0.25) is 0 Å². The number of furan rings is 1. The Balaban J connectivity index is 0.941. The second-order valence-corrected chi connectivity index (χ2v) is 15.5. The first-order valence-corrected chi connectivity index (χ1v) is 20.6. The van der Waals surface area contributed by atoms with Crippen LogP contribution in [0.4, 0.5) is 0 Å². The van der Waals surface area contributed by atoms with Crippen LogP contribution in [-0.4, -0.2) is 15.0 Å². The third kappa shape index (κ3) is 6.04. The van der Waals surface area contributed by atoms with Gasteiger partial charge in [0, 0.05) is 27.5 Å². The molecule has 0 spiro atoms. The number of hydrogen-bond donors (Lipinski definition) is 0. The van der Waals surface area contributed by atoms with Gasteiger partial charge >= 0.3 is 0 Å². The highest BCUT2D eigenvalue weighted by Crippen LogP contribution is 2.40. The monoisotopic (exact) mass is 777 g/mol. The molecule has 61 heavy (non-hydrogen) atoms. The number of benzene rings is 10. The molecule has 2 heterocycles. The normalized spacial score (nSPS) is 11.6. The predicted octanol–water partition coefficient (Wildman–Crippen LogP) is 15.2. The van der Waals surface area contributed by atoms with Gasteiger partial charge in [-0.05, 0) is 90.0 Å². The third-order valence-electron chi connectivity index (χ3n) is 11.9. The van der Waals surface area contributed by atoms with Crippen LogP contribution in [0.5, 0.6) is 0 Å². The molecular weight excluding hydrogens is 743 g/mol. The summed E-state index contributed by atoms with van der Waals surface area (Å²) in [6, 6.07) is 74.8. The maximum absolute atomic E-state index is 6.29. The van der Waals surface area contributed by atoms with Gasteiger partial charge in [-0.1, -0.05) is 188 Å². The Labute approximate surface area is 352 Å². The van der Waals surface area contributed by atoms with Crippen molar-refractivity contribution in [3.05, 3.63) is 212 Å². The van der Waals surface area contributed by atoms with Gasteiger partial charge in [0.1, 0.15) is 11.2 Å². The lowest BCUT2D eigenvalue weighted by Gasteiger charge is -2.14. The topological polar surface area (TPSA) is 51.8 Å². The van der Waals surface area contributed by atoms with Crippen molar-refractivity contribution in [3.63, 3.8) is 0 Å². The average Bonchev–Trinajstić information content (AvgIpc) is 3.71. The van der Waals surface area contributed by atoms with Gasteiger partial charge in [0.2, 0.25) is 0 Å². The SMILES string of the molecule is c1ccc(-c2ccccc2-c2nc(-c3ccc(-c4ccc(-c5c6ccccc6cc6c5ccc5ccccc56)cc4)cc3)nc(-c3ccc4c(c3)oc3ccccc34)n2)cc1. The summed E-state index contributed by atoms with van der Waals surface area (Å²) in [5.41, 5.74) is 11.2. The molecular formula is C57H35N3O. The van der Waals surface area contributed by atoms with E-state index in [1.54, 1.807) is 0 Å². The maximum Gasteiger partial charge on any atom is 0.164 e. The standard InChI is InChI=1S/C57H35N3O/c1-2-12-38(13-3-1)44-16-8-9-20-50(44)57-59-55(58-56(60-57)43-31-32-48-47-19-10-11-21-52(47)61-53(48)35-43)41-28-24-37(25-29-41)36-22-26-40(27-23-36)54-46-18-7-5-15-42(46)34-51-45-17-6-4-14-39(45)30-33-49(51)54/h1-35H. The van der Waals surface area contributed by atoms with Crippen molar-refractivity contribution >= 4 is 54.3 Å². The largest absolute Gasteiger partial charge is 0.456 e. The second kappa shape index (κ2) is 14.3. The fraction of sp³-hybridized carbons (Fsp3) is 0. The molecule has 0 aliphatic rings. The van der Waals surface area contributed by atoms with Crippen LogP contribution in [0.3, 0.4) is 0 Å². The minimum Gasteiger partial charge on any atom is -0.456 e. The van der Waals surface area contributed by atoms with Crippen molar-refractivity contribution in [1.29, 1.82) is 0 Å². The minimum absolute atomic E-state index is 0.582. The number of aromatic nitrogens is 3. The third-order valence-corrected chi connectivity index (χ3v) is 11.9. The van der Waals surface area contributed by atoms with Gasteiger partial charge < -0.3 is 4.42 Å². The first-order chi connectivity index (χ1) is 30.2. The number of rotatable bonds is 6. The quantitative estimate of drug-likeness (QED) is 0.125. The van der Waals surface area contributed by atoms with Crippen LogP contribution in [0.25, 0.3) is 122 Å². The van der Waals surface area contributed by atoms with E-state index in [9.17, 15) is 0 Å². The van der Waals surface area contributed by atoms with Crippen LogP contribution in [0.1, 0.15) is 0 Å². The summed E-state index contributed by atoms with van der Waals surface area (Å²) in [5, 5.41) is 9.69. The molecule has 0 radical (unpaired) electrons. The lowest BCUT2D eigenvalue weighted by atomic mass is 9.89. The average molecular weight is 778 g/mol. The summed E-state index contributed by atoms with van der Waals surface area (Å²) in [6.45, 7) is 0. The van der Waals surface area contributed by atoms with E-state index < -0.39 is 0 Å². The smallest absolute Gasteiger partial charge is 0.164 e. The molecule has 4 nitrogen and oxygen atoms in total. The van der Waals surface area contributed by atoms with Crippen LogP contribution < -0.4 is 0 Å². The molecule has 4 heteroatoms. The molecule has 2 aromatic heterocycles. The van der Waals surface area contributed by atoms with Gasteiger partial charge in [0.05, 0.1) is 0 Å². The first-order valence-electron chi connectivity index (χ1n) is 20.6. The van der Waals surface area contributed by atoms with Crippen molar-refractivity contribution in [1.82, 2.24) is 15.0 Å². The molecule has 0 saturated carbocycles. The fourth-order valence-electron chi connectivity index (χ4n) is 8.94. The molecule has 10 aromatic carbocycles. The minimum atomic E-state index is 0.582. The Kier molecular flexibility index (Phi) is 8.13. The van der Waals surface area contributed by atoms with Crippen LogP contribution in [-0.2, 0) is 0 Å². The number of para-hydroxylation sites is 1. The van der Waals surface area contributed by atoms with Crippen molar-refractivity contribution in [2.45, 2.75) is 0 Å². The van der Waals surface area contributed by atoms with E-state index >= 15 is 0 Å². The van der Waals surface area contributed by atoms with E-state index in [1.807, 2.05) is 36.4 Å².